The first-order valence-electron chi connectivity index (χ1n) is 11.9. The summed E-state index contributed by atoms with van der Waals surface area (Å²) in [5.41, 5.74) is 2.70. The second-order valence-corrected chi connectivity index (χ2v) is 8.93. The number of para-hydroxylation sites is 1. The summed E-state index contributed by atoms with van der Waals surface area (Å²) < 4.78 is 7.62. The third-order valence-corrected chi connectivity index (χ3v) is 6.40. The van der Waals surface area contributed by atoms with Crippen molar-refractivity contribution in [3.8, 4) is 5.75 Å². The normalized spacial score (nSPS) is 15.8. The highest BCUT2D eigenvalue weighted by Crippen LogP contribution is 2.27. The first-order valence-corrected chi connectivity index (χ1v) is 11.9. The van der Waals surface area contributed by atoms with Crippen molar-refractivity contribution in [2.45, 2.75) is 51.6 Å². The second-order valence-electron chi connectivity index (χ2n) is 8.93. The van der Waals surface area contributed by atoms with Crippen LogP contribution in [0.1, 0.15) is 43.4 Å². The molecule has 0 aliphatic carbocycles. The number of nitrogens with one attached hydrogen (secondary N) is 1. The number of benzene rings is 2. The number of hydrogen-bond acceptors (Lipinski definition) is 4. The van der Waals surface area contributed by atoms with Crippen LogP contribution in [0.5, 0.6) is 5.75 Å². The van der Waals surface area contributed by atoms with Gasteiger partial charge in [0.1, 0.15) is 11.6 Å². The number of likely N-dealkylation sites (tertiary alicyclic amines) is 1. The molecule has 0 bridgehead atoms. The summed E-state index contributed by atoms with van der Waals surface area (Å²) in [7, 11) is 0. The molecule has 3 aromatic rings. The highest BCUT2D eigenvalue weighted by Gasteiger charge is 2.25. The summed E-state index contributed by atoms with van der Waals surface area (Å²) in [6, 6.07) is 21.1. The van der Waals surface area contributed by atoms with Crippen LogP contribution in [-0.4, -0.2) is 46.3 Å². The molecule has 1 aliphatic rings. The number of piperidine rings is 1. The van der Waals surface area contributed by atoms with E-state index < -0.39 is 0 Å². The van der Waals surface area contributed by atoms with Gasteiger partial charge in [-0.25, -0.2) is 4.68 Å². The molecule has 6 nitrogen and oxygen atoms in total. The van der Waals surface area contributed by atoms with Gasteiger partial charge in [0.15, 0.2) is 0 Å². The molecule has 1 aliphatic heterocycles. The van der Waals surface area contributed by atoms with E-state index in [2.05, 4.69) is 53.4 Å². The highest BCUT2D eigenvalue weighted by molar-refractivity contribution is 5.89. The van der Waals surface area contributed by atoms with Crippen LogP contribution in [0, 0.1) is 6.92 Å². The van der Waals surface area contributed by atoms with Crippen LogP contribution in [0.2, 0.25) is 0 Å². The minimum atomic E-state index is -0.0585. The van der Waals surface area contributed by atoms with Crippen LogP contribution in [0.25, 0.3) is 0 Å². The van der Waals surface area contributed by atoms with Gasteiger partial charge in [0.05, 0.1) is 25.3 Å². The van der Waals surface area contributed by atoms with Crippen molar-refractivity contribution in [1.29, 1.82) is 0 Å². The first kappa shape index (κ1) is 23.1. The van der Waals surface area contributed by atoms with Crippen LogP contribution in [-0.2, 0) is 11.2 Å². The molecule has 1 fully saturated rings. The summed E-state index contributed by atoms with van der Waals surface area (Å²) >= 11 is 0. The summed E-state index contributed by atoms with van der Waals surface area (Å²) in [6.07, 6.45) is 5.19. The number of amides is 1. The molecule has 2 aromatic carbocycles. The van der Waals surface area contributed by atoms with Gasteiger partial charge in [-0.1, -0.05) is 48.0 Å². The number of aromatic nitrogens is 2. The molecule has 174 valence electrons. The number of carbonyl (C=O) groups excluding carboxylic acids is 1. The van der Waals surface area contributed by atoms with Crippen molar-refractivity contribution in [1.82, 2.24) is 14.7 Å². The van der Waals surface area contributed by atoms with Gasteiger partial charge in [-0.2, -0.15) is 5.10 Å². The van der Waals surface area contributed by atoms with E-state index in [1.54, 1.807) is 6.20 Å². The maximum Gasteiger partial charge on any atom is 0.228 e. The Kier molecular flexibility index (Phi) is 7.79. The fourth-order valence-corrected chi connectivity index (χ4v) is 4.45. The molecule has 1 amide bonds. The standard InChI is InChI=1S/C27H34N4O2/c1-21-8-10-23(11-9-21)20-22(2)30-17-13-24(14-18-30)31-26(12-16-28-31)29-27(32)15-19-33-25-6-4-3-5-7-25/h3-12,16,22,24H,13-15,17-20H2,1-2H3,(H,29,32). The minimum absolute atomic E-state index is 0.0585. The molecular weight excluding hydrogens is 412 g/mol. The van der Waals surface area contributed by atoms with E-state index in [9.17, 15) is 4.79 Å². The number of ether oxygens (including phenoxy) is 1. The first-order chi connectivity index (χ1) is 16.1. The van der Waals surface area contributed by atoms with E-state index in [1.165, 1.54) is 11.1 Å². The van der Waals surface area contributed by atoms with Gasteiger partial charge in [-0.15, -0.1) is 0 Å². The van der Waals surface area contributed by atoms with Gasteiger partial charge in [-0.3, -0.25) is 4.79 Å². The van der Waals surface area contributed by atoms with Gasteiger partial charge >= 0.3 is 0 Å². The molecule has 1 saturated heterocycles. The minimum Gasteiger partial charge on any atom is -0.493 e. The molecule has 1 aromatic heterocycles. The van der Waals surface area contributed by atoms with E-state index in [0.717, 1.165) is 43.9 Å². The molecule has 1 atom stereocenters. The summed E-state index contributed by atoms with van der Waals surface area (Å²) in [6.45, 7) is 6.87. The maximum atomic E-state index is 12.4. The largest absolute Gasteiger partial charge is 0.493 e. The van der Waals surface area contributed by atoms with E-state index in [1.807, 2.05) is 41.1 Å². The van der Waals surface area contributed by atoms with Crippen LogP contribution < -0.4 is 10.1 Å². The van der Waals surface area contributed by atoms with Crippen molar-refractivity contribution in [2.75, 3.05) is 25.0 Å². The smallest absolute Gasteiger partial charge is 0.228 e. The SMILES string of the molecule is Cc1ccc(CC(C)N2CCC(n3nccc3NC(=O)CCOc3ccccc3)CC2)cc1. The lowest BCUT2D eigenvalue weighted by atomic mass is 10.00. The molecule has 4 rings (SSSR count). The highest BCUT2D eigenvalue weighted by atomic mass is 16.5. The zero-order chi connectivity index (χ0) is 23.0. The summed E-state index contributed by atoms with van der Waals surface area (Å²) in [4.78, 5) is 15.0. The summed E-state index contributed by atoms with van der Waals surface area (Å²) in [5, 5.41) is 7.53. The average molecular weight is 447 g/mol. The Hall–Kier alpha value is -3.12. The van der Waals surface area contributed by atoms with Crippen molar-refractivity contribution in [2.24, 2.45) is 0 Å². The van der Waals surface area contributed by atoms with Crippen LogP contribution in [0.15, 0.2) is 66.9 Å². The Balaban J connectivity index is 1.24. The quantitative estimate of drug-likeness (QED) is 0.510. The number of aryl methyl sites for hydroxylation is 1. The number of rotatable bonds is 9. The van der Waals surface area contributed by atoms with Crippen molar-refractivity contribution in [3.63, 3.8) is 0 Å². The number of nitrogens with zero attached hydrogens (tertiary/aromatic N) is 3. The van der Waals surface area contributed by atoms with Crippen LogP contribution in [0.3, 0.4) is 0 Å². The van der Waals surface area contributed by atoms with Crippen LogP contribution in [0.4, 0.5) is 5.82 Å². The van der Waals surface area contributed by atoms with E-state index in [0.29, 0.717) is 25.1 Å². The third kappa shape index (κ3) is 6.45. The third-order valence-electron chi connectivity index (χ3n) is 6.40. The Labute approximate surface area is 196 Å². The lowest BCUT2D eigenvalue weighted by Crippen LogP contribution is -2.41. The van der Waals surface area contributed by atoms with Crippen molar-refractivity contribution < 1.29 is 9.53 Å². The zero-order valence-electron chi connectivity index (χ0n) is 19.6. The van der Waals surface area contributed by atoms with Crippen LogP contribution >= 0.6 is 0 Å². The molecule has 6 heteroatoms. The molecule has 33 heavy (non-hydrogen) atoms. The molecule has 0 spiro atoms. The molecular formula is C27H34N4O2. The number of anilines is 1. The Morgan fingerprint density at radius 3 is 2.55 bits per heavy atom. The Morgan fingerprint density at radius 1 is 1.09 bits per heavy atom. The molecule has 1 N–H and O–H groups in total. The molecule has 1 unspecified atom stereocenters. The van der Waals surface area contributed by atoms with Gasteiger partial charge < -0.3 is 15.0 Å². The molecule has 0 radical (unpaired) electrons. The summed E-state index contributed by atoms with van der Waals surface area (Å²) in [5.74, 6) is 1.49. The predicted molar refractivity (Wildman–Crippen MR) is 132 cm³/mol. The Morgan fingerprint density at radius 2 is 1.82 bits per heavy atom. The Bertz CT molecular complexity index is 1010. The lowest BCUT2D eigenvalue weighted by Gasteiger charge is -2.36. The van der Waals surface area contributed by atoms with E-state index in [4.69, 9.17) is 4.74 Å². The van der Waals surface area contributed by atoms with Gasteiger partial charge in [-0.05, 0) is 50.8 Å². The number of hydrogen-bond donors (Lipinski definition) is 1. The fourth-order valence-electron chi connectivity index (χ4n) is 4.45. The van der Waals surface area contributed by atoms with E-state index >= 15 is 0 Å². The average Bonchev–Trinajstić information content (AvgIpc) is 3.29. The van der Waals surface area contributed by atoms with Gasteiger partial charge in [0, 0.05) is 25.2 Å². The predicted octanol–water partition coefficient (Wildman–Crippen LogP) is 4.87. The second kappa shape index (κ2) is 11.1. The van der Waals surface area contributed by atoms with Gasteiger partial charge in [0.2, 0.25) is 5.91 Å². The number of carbonyl (C=O) groups is 1. The zero-order valence-corrected chi connectivity index (χ0v) is 19.6. The maximum absolute atomic E-state index is 12.4. The van der Waals surface area contributed by atoms with E-state index in [-0.39, 0.29) is 5.91 Å². The lowest BCUT2D eigenvalue weighted by molar-refractivity contribution is -0.116. The molecule has 0 saturated carbocycles. The van der Waals surface area contributed by atoms with Crippen molar-refractivity contribution in [3.05, 3.63) is 78.0 Å². The molecule has 2 heterocycles. The monoisotopic (exact) mass is 446 g/mol. The topological polar surface area (TPSA) is 59.4 Å². The van der Waals surface area contributed by atoms with Gasteiger partial charge in [0.25, 0.3) is 0 Å². The van der Waals surface area contributed by atoms with Crippen molar-refractivity contribution >= 4 is 11.7 Å². The fraction of sp³-hybridized carbons (Fsp3) is 0.407.